The summed E-state index contributed by atoms with van der Waals surface area (Å²) in [5.74, 6) is 0.124. The van der Waals surface area contributed by atoms with E-state index in [1.165, 1.54) is 16.8 Å². The van der Waals surface area contributed by atoms with Crippen molar-refractivity contribution in [2.75, 3.05) is 0 Å². The van der Waals surface area contributed by atoms with E-state index in [1.54, 1.807) is 6.07 Å². The van der Waals surface area contributed by atoms with Crippen LogP contribution in [0.2, 0.25) is 0 Å². The monoisotopic (exact) mass is 269 g/mol. The maximum absolute atomic E-state index is 9.73. The molecule has 0 heterocycles. The largest absolute Gasteiger partial charge is 0.508 e. The molecule has 0 bridgehead atoms. The molecule has 0 atom stereocenters. The number of benzene rings is 4. The van der Waals surface area contributed by atoms with Crippen molar-refractivity contribution in [3.63, 3.8) is 0 Å². The molecule has 0 amide bonds. The fourth-order valence-corrected chi connectivity index (χ4v) is 2.88. The highest BCUT2D eigenvalue weighted by molar-refractivity contribution is 6.06. The molecular weight excluding hydrogens is 258 g/mol. The summed E-state index contributed by atoms with van der Waals surface area (Å²) in [5.41, 5.74) is 0.500. The van der Waals surface area contributed by atoms with Gasteiger partial charge in [0, 0.05) is 5.39 Å². The van der Waals surface area contributed by atoms with Crippen LogP contribution >= 0.6 is 0 Å². The number of hydrogen-bond acceptors (Lipinski definition) is 2. The fraction of sp³-hybridized carbons (Fsp3) is 0. The fourth-order valence-electron chi connectivity index (χ4n) is 2.88. The van der Waals surface area contributed by atoms with Crippen LogP contribution in [0.25, 0.3) is 32.3 Å². The van der Waals surface area contributed by atoms with Crippen LogP contribution in [0.15, 0.2) is 60.7 Å². The van der Waals surface area contributed by atoms with Crippen LogP contribution in [0.4, 0.5) is 0 Å². The lowest BCUT2D eigenvalue weighted by atomic mass is 9.97. The molecule has 0 saturated heterocycles. The summed E-state index contributed by atoms with van der Waals surface area (Å²) in [4.78, 5) is 0. The molecule has 0 fully saturated rings. The normalized spacial score (nSPS) is 11.0. The van der Waals surface area contributed by atoms with Crippen LogP contribution in [0.5, 0.6) is 5.75 Å². The van der Waals surface area contributed by atoms with E-state index in [9.17, 15) is 10.4 Å². The summed E-state index contributed by atoms with van der Waals surface area (Å²) in [5, 5.41) is 25.3. The summed E-state index contributed by atoms with van der Waals surface area (Å²) >= 11 is 0. The Hall–Kier alpha value is -3.05. The Labute approximate surface area is 121 Å². The molecule has 0 aliphatic rings. The van der Waals surface area contributed by atoms with E-state index in [2.05, 4.69) is 30.3 Å². The van der Waals surface area contributed by atoms with Crippen LogP contribution in [-0.4, -0.2) is 5.11 Å². The Bertz CT molecular complexity index is 1060. The van der Waals surface area contributed by atoms with E-state index in [4.69, 9.17) is 0 Å². The Balaban J connectivity index is 2.18. The third-order valence-electron chi connectivity index (χ3n) is 3.88. The predicted octanol–water partition coefficient (Wildman–Crippen LogP) is 4.72. The minimum Gasteiger partial charge on any atom is -0.508 e. The first-order valence-corrected chi connectivity index (χ1v) is 6.74. The first kappa shape index (κ1) is 11.7. The number of hydrogen-bond donors (Lipinski definition) is 1. The van der Waals surface area contributed by atoms with Crippen molar-refractivity contribution in [1.29, 1.82) is 5.26 Å². The van der Waals surface area contributed by atoms with Crippen LogP contribution < -0.4 is 0 Å². The molecular formula is C19H11NO. The highest BCUT2D eigenvalue weighted by Gasteiger charge is 2.06. The SMILES string of the molecule is N#Cc1cc(O)cc2cc3cc4ccccc4cc3cc12. The summed E-state index contributed by atoms with van der Waals surface area (Å²) < 4.78 is 0. The molecule has 21 heavy (non-hydrogen) atoms. The lowest BCUT2D eigenvalue weighted by Gasteiger charge is -2.07. The number of phenols is 1. The molecule has 4 rings (SSSR count). The second-order valence-corrected chi connectivity index (χ2v) is 5.22. The minimum absolute atomic E-state index is 0.124. The highest BCUT2D eigenvalue weighted by Crippen LogP contribution is 2.31. The van der Waals surface area contributed by atoms with Gasteiger partial charge in [0.15, 0.2) is 0 Å². The molecule has 1 N–H and O–H groups in total. The number of aromatic hydroxyl groups is 1. The number of rotatable bonds is 0. The smallest absolute Gasteiger partial charge is 0.117 e. The summed E-state index contributed by atoms with van der Waals surface area (Å²) in [7, 11) is 0. The van der Waals surface area contributed by atoms with Crippen molar-refractivity contribution in [2.24, 2.45) is 0 Å². The molecule has 98 valence electrons. The van der Waals surface area contributed by atoms with Crippen molar-refractivity contribution in [3.8, 4) is 11.8 Å². The Morgan fingerprint density at radius 3 is 2.00 bits per heavy atom. The molecule has 0 aromatic heterocycles. The zero-order valence-electron chi connectivity index (χ0n) is 11.2. The van der Waals surface area contributed by atoms with Gasteiger partial charge in [-0.15, -0.1) is 0 Å². The second-order valence-electron chi connectivity index (χ2n) is 5.22. The average Bonchev–Trinajstić information content (AvgIpc) is 2.50. The maximum Gasteiger partial charge on any atom is 0.117 e. The van der Waals surface area contributed by atoms with Crippen LogP contribution in [0, 0.1) is 11.3 Å². The van der Waals surface area contributed by atoms with Crippen molar-refractivity contribution >= 4 is 32.3 Å². The quantitative estimate of drug-likeness (QED) is 0.469. The topological polar surface area (TPSA) is 44.0 Å². The van der Waals surface area contributed by atoms with E-state index in [1.807, 2.05) is 24.3 Å². The van der Waals surface area contributed by atoms with Gasteiger partial charge in [-0.2, -0.15) is 5.26 Å². The molecule has 0 unspecified atom stereocenters. The van der Waals surface area contributed by atoms with E-state index >= 15 is 0 Å². The summed E-state index contributed by atoms with van der Waals surface area (Å²) in [6, 6.07) is 21.9. The minimum atomic E-state index is 0.124. The Kier molecular flexibility index (Phi) is 2.36. The molecule has 2 heteroatoms. The van der Waals surface area contributed by atoms with Gasteiger partial charge in [-0.3, -0.25) is 0 Å². The van der Waals surface area contributed by atoms with Crippen molar-refractivity contribution in [2.45, 2.75) is 0 Å². The van der Waals surface area contributed by atoms with Gasteiger partial charge in [0.25, 0.3) is 0 Å². The third-order valence-corrected chi connectivity index (χ3v) is 3.88. The molecule has 0 aliphatic carbocycles. The van der Waals surface area contributed by atoms with Crippen LogP contribution in [0.3, 0.4) is 0 Å². The molecule has 4 aromatic carbocycles. The van der Waals surface area contributed by atoms with Gasteiger partial charge in [0.05, 0.1) is 11.6 Å². The van der Waals surface area contributed by atoms with Crippen molar-refractivity contribution < 1.29 is 5.11 Å². The van der Waals surface area contributed by atoms with Gasteiger partial charge in [-0.25, -0.2) is 0 Å². The Morgan fingerprint density at radius 1 is 0.714 bits per heavy atom. The van der Waals surface area contributed by atoms with Gasteiger partial charge in [0.1, 0.15) is 5.75 Å². The van der Waals surface area contributed by atoms with Gasteiger partial charge in [-0.05, 0) is 63.3 Å². The van der Waals surface area contributed by atoms with Crippen LogP contribution in [-0.2, 0) is 0 Å². The summed E-state index contributed by atoms with van der Waals surface area (Å²) in [6.07, 6.45) is 0. The molecule has 0 saturated carbocycles. The number of phenolic OH excluding ortho intramolecular Hbond substituents is 1. The van der Waals surface area contributed by atoms with E-state index < -0.39 is 0 Å². The van der Waals surface area contributed by atoms with E-state index in [-0.39, 0.29) is 5.75 Å². The zero-order chi connectivity index (χ0) is 14.4. The lowest BCUT2D eigenvalue weighted by molar-refractivity contribution is 0.476. The molecule has 4 aromatic rings. The van der Waals surface area contributed by atoms with Gasteiger partial charge < -0.3 is 5.11 Å². The van der Waals surface area contributed by atoms with E-state index in [0.29, 0.717) is 5.56 Å². The van der Waals surface area contributed by atoms with Crippen molar-refractivity contribution in [3.05, 3.63) is 66.2 Å². The maximum atomic E-state index is 9.73. The lowest BCUT2D eigenvalue weighted by Crippen LogP contribution is -1.83. The summed E-state index contributed by atoms with van der Waals surface area (Å²) in [6.45, 7) is 0. The second kappa shape index (κ2) is 4.22. The van der Waals surface area contributed by atoms with Gasteiger partial charge in [0.2, 0.25) is 0 Å². The van der Waals surface area contributed by atoms with Gasteiger partial charge in [-0.1, -0.05) is 24.3 Å². The van der Waals surface area contributed by atoms with E-state index in [0.717, 1.165) is 21.5 Å². The predicted molar refractivity (Wildman–Crippen MR) is 85.3 cm³/mol. The van der Waals surface area contributed by atoms with Gasteiger partial charge >= 0.3 is 0 Å². The Morgan fingerprint density at radius 2 is 1.33 bits per heavy atom. The highest BCUT2D eigenvalue weighted by atomic mass is 16.3. The third kappa shape index (κ3) is 1.79. The standard InChI is InChI=1S/C19H11NO/c20-11-17-9-18(21)8-16-7-14-5-12-3-1-2-4-13(12)6-15(14)10-19(16)17/h1-10,21H. The number of nitriles is 1. The molecule has 0 radical (unpaired) electrons. The first-order valence-electron chi connectivity index (χ1n) is 6.74. The first-order chi connectivity index (χ1) is 10.2. The molecule has 0 aliphatic heterocycles. The number of nitrogens with zero attached hydrogens (tertiary/aromatic N) is 1. The average molecular weight is 269 g/mol. The molecule has 2 nitrogen and oxygen atoms in total. The molecule has 0 spiro atoms. The number of fused-ring (bicyclic) bond motifs is 3. The van der Waals surface area contributed by atoms with Crippen molar-refractivity contribution in [1.82, 2.24) is 0 Å². The van der Waals surface area contributed by atoms with Crippen LogP contribution in [0.1, 0.15) is 5.56 Å². The zero-order valence-corrected chi connectivity index (χ0v) is 11.2.